The zero-order valence-electron chi connectivity index (χ0n) is 14.2. The van der Waals surface area contributed by atoms with Gasteiger partial charge in [-0.05, 0) is 42.7 Å². The number of alkyl halides is 3. The summed E-state index contributed by atoms with van der Waals surface area (Å²) < 4.78 is 49.1. The molecule has 0 unspecified atom stereocenters. The Bertz CT molecular complexity index is 710. The van der Waals surface area contributed by atoms with Gasteiger partial charge in [0.25, 0.3) is 0 Å². The zero-order valence-corrected chi connectivity index (χ0v) is 14.2. The minimum atomic E-state index is -4.43. The average Bonchev–Trinajstić information content (AvgIpc) is 3.03. The number of halogens is 4. The monoisotopic (exact) mass is 371 g/mol. The Morgan fingerprint density at radius 1 is 1.15 bits per heavy atom. The number of hydrogen-bond donors (Lipinski definition) is 2. The van der Waals surface area contributed by atoms with Crippen LogP contribution in [0.5, 0.6) is 0 Å². The molecule has 26 heavy (non-hydrogen) atoms. The molecule has 3 N–H and O–H groups in total. The molecule has 0 amide bonds. The van der Waals surface area contributed by atoms with Crippen molar-refractivity contribution in [1.29, 1.82) is 0 Å². The van der Waals surface area contributed by atoms with Gasteiger partial charge in [0.15, 0.2) is 0 Å². The van der Waals surface area contributed by atoms with Crippen molar-refractivity contribution < 1.29 is 22.4 Å². The van der Waals surface area contributed by atoms with Gasteiger partial charge in [0.05, 0.1) is 17.9 Å². The minimum absolute atomic E-state index is 0.0653. The van der Waals surface area contributed by atoms with Crippen LogP contribution in [0.2, 0.25) is 0 Å². The summed E-state index contributed by atoms with van der Waals surface area (Å²) in [6, 6.07) is 5.65. The maximum Gasteiger partial charge on any atom is 0.395 e. The molecule has 1 aromatic heterocycles. The van der Waals surface area contributed by atoms with Crippen LogP contribution >= 0.6 is 0 Å². The summed E-state index contributed by atoms with van der Waals surface area (Å²) in [6.45, 7) is 0. The number of H-pyrrole nitrogens is 1. The number of nitrogens with one attached hydrogen (secondary N) is 1. The Morgan fingerprint density at radius 3 is 2.50 bits per heavy atom. The van der Waals surface area contributed by atoms with Gasteiger partial charge in [-0.15, -0.1) is 0 Å². The quantitative estimate of drug-likeness (QED) is 0.496. The minimum Gasteiger partial charge on any atom is -0.341 e. The van der Waals surface area contributed by atoms with E-state index in [1.807, 2.05) is 0 Å². The Hall–Kier alpha value is -2.22. The standard InChI is InChI=1S/C18H21F4N3O/c19-13-8-6-12(7-9-13)16-11-24-17(25-16)15(23)5-3-1-2-4-14(26)10-18(20,21)22/h6-9,11,15H,1-5,10,23H2,(H,24,25)/t15-/m0/s1. The number of rotatable bonds is 9. The van der Waals surface area contributed by atoms with Crippen molar-refractivity contribution in [1.82, 2.24) is 9.97 Å². The molecule has 2 rings (SSSR count). The van der Waals surface area contributed by atoms with E-state index in [-0.39, 0.29) is 18.3 Å². The first kappa shape index (κ1) is 20.1. The average molecular weight is 371 g/mol. The first-order valence-corrected chi connectivity index (χ1v) is 8.39. The third kappa shape index (κ3) is 6.59. The van der Waals surface area contributed by atoms with Crippen molar-refractivity contribution in [2.24, 2.45) is 5.73 Å². The van der Waals surface area contributed by atoms with Crippen molar-refractivity contribution in [2.75, 3.05) is 0 Å². The second-order valence-electron chi connectivity index (χ2n) is 6.23. The molecule has 1 heterocycles. The highest BCUT2D eigenvalue weighted by atomic mass is 19.4. The van der Waals surface area contributed by atoms with Gasteiger partial charge >= 0.3 is 6.18 Å². The number of aromatic amines is 1. The summed E-state index contributed by atoms with van der Waals surface area (Å²) in [5.74, 6) is -0.506. The van der Waals surface area contributed by atoms with E-state index in [0.29, 0.717) is 31.5 Å². The van der Waals surface area contributed by atoms with Crippen molar-refractivity contribution in [3.63, 3.8) is 0 Å². The third-order valence-electron chi connectivity index (χ3n) is 3.97. The predicted octanol–water partition coefficient (Wildman–Crippen LogP) is 4.69. The molecular formula is C18H21F4N3O. The van der Waals surface area contributed by atoms with Crippen LogP contribution in [0.1, 0.15) is 50.4 Å². The largest absolute Gasteiger partial charge is 0.395 e. The van der Waals surface area contributed by atoms with E-state index in [2.05, 4.69) is 9.97 Å². The Kier molecular flexibility index (Phi) is 6.90. The lowest BCUT2D eigenvalue weighted by molar-refractivity contribution is -0.152. The first-order valence-electron chi connectivity index (χ1n) is 8.39. The fourth-order valence-corrected chi connectivity index (χ4v) is 2.61. The molecule has 0 bridgehead atoms. The molecule has 0 aliphatic carbocycles. The topological polar surface area (TPSA) is 71.8 Å². The summed E-state index contributed by atoms with van der Waals surface area (Å²) >= 11 is 0. The van der Waals surface area contributed by atoms with E-state index in [1.165, 1.54) is 12.1 Å². The van der Waals surface area contributed by atoms with Gasteiger partial charge in [0.1, 0.15) is 23.8 Å². The highest BCUT2D eigenvalue weighted by Gasteiger charge is 2.30. The van der Waals surface area contributed by atoms with Crippen molar-refractivity contribution in [2.45, 2.75) is 50.7 Å². The van der Waals surface area contributed by atoms with Crippen molar-refractivity contribution >= 4 is 5.78 Å². The maximum absolute atomic E-state index is 12.9. The molecule has 0 aliphatic heterocycles. The molecule has 1 aromatic carbocycles. The van der Waals surface area contributed by atoms with Gasteiger partial charge in [0.2, 0.25) is 0 Å². The predicted molar refractivity (Wildman–Crippen MR) is 89.7 cm³/mol. The Balaban J connectivity index is 1.72. The number of unbranched alkanes of at least 4 members (excludes halogenated alkanes) is 2. The summed E-state index contributed by atoms with van der Waals surface area (Å²) in [5, 5.41) is 0. The molecule has 0 fully saturated rings. The number of carbonyl (C=O) groups excluding carboxylic acids is 1. The second-order valence-corrected chi connectivity index (χ2v) is 6.23. The van der Waals surface area contributed by atoms with Crippen LogP contribution in [0.3, 0.4) is 0 Å². The number of hydrogen-bond acceptors (Lipinski definition) is 3. The number of nitrogens with zero attached hydrogens (tertiary/aromatic N) is 1. The van der Waals surface area contributed by atoms with Gasteiger partial charge in [0, 0.05) is 6.42 Å². The lowest BCUT2D eigenvalue weighted by Crippen LogP contribution is -2.14. The molecule has 0 spiro atoms. The molecular weight excluding hydrogens is 350 g/mol. The van der Waals surface area contributed by atoms with Gasteiger partial charge in [-0.2, -0.15) is 13.2 Å². The molecule has 142 valence electrons. The second kappa shape index (κ2) is 8.93. The van der Waals surface area contributed by atoms with E-state index in [0.717, 1.165) is 11.3 Å². The summed E-state index contributed by atoms with van der Waals surface area (Å²) in [6.07, 6.45) is -1.89. The SMILES string of the molecule is N[C@@H](CCCCCC(=O)CC(F)(F)F)c1ncc(-c2ccc(F)cc2)[nH]1. The highest BCUT2D eigenvalue weighted by Crippen LogP contribution is 2.23. The normalized spacial score (nSPS) is 13.0. The van der Waals surface area contributed by atoms with Crippen molar-refractivity contribution in [3.8, 4) is 11.3 Å². The van der Waals surface area contributed by atoms with Crippen LogP contribution < -0.4 is 5.73 Å². The number of ketones is 1. The molecule has 8 heteroatoms. The first-order chi connectivity index (χ1) is 12.2. The summed E-state index contributed by atoms with van der Waals surface area (Å²) in [7, 11) is 0. The smallest absolute Gasteiger partial charge is 0.341 e. The molecule has 0 radical (unpaired) electrons. The van der Waals surface area contributed by atoms with E-state index >= 15 is 0 Å². The van der Waals surface area contributed by atoms with Crippen LogP contribution in [-0.2, 0) is 4.79 Å². The number of aromatic nitrogens is 2. The molecule has 0 saturated heterocycles. The Morgan fingerprint density at radius 2 is 1.85 bits per heavy atom. The van der Waals surface area contributed by atoms with E-state index in [9.17, 15) is 22.4 Å². The fourth-order valence-electron chi connectivity index (χ4n) is 2.61. The summed E-state index contributed by atoms with van der Waals surface area (Å²) in [4.78, 5) is 18.5. The van der Waals surface area contributed by atoms with Crippen LogP contribution in [0.4, 0.5) is 17.6 Å². The Labute approximate surface area is 148 Å². The van der Waals surface area contributed by atoms with Crippen molar-refractivity contribution in [3.05, 3.63) is 42.1 Å². The third-order valence-corrected chi connectivity index (χ3v) is 3.97. The lowest BCUT2D eigenvalue weighted by Gasteiger charge is -2.09. The van der Waals surface area contributed by atoms with E-state index in [1.54, 1.807) is 18.3 Å². The summed E-state index contributed by atoms with van der Waals surface area (Å²) in [5.41, 5.74) is 7.59. The van der Waals surface area contributed by atoms with Crippen LogP contribution in [0.25, 0.3) is 11.3 Å². The molecule has 4 nitrogen and oxygen atoms in total. The zero-order chi connectivity index (χ0) is 19.2. The van der Waals surface area contributed by atoms with E-state index < -0.39 is 18.4 Å². The number of nitrogens with two attached hydrogens (primary N) is 1. The molecule has 2 aromatic rings. The maximum atomic E-state index is 12.9. The van der Waals surface area contributed by atoms with Gasteiger partial charge in [-0.3, -0.25) is 4.79 Å². The van der Waals surface area contributed by atoms with Crippen LogP contribution in [0.15, 0.2) is 30.5 Å². The van der Waals surface area contributed by atoms with Crippen LogP contribution in [-0.4, -0.2) is 21.9 Å². The van der Waals surface area contributed by atoms with Gasteiger partial charge in [-0.25, -0.2) is 9.37 Å². The molecule has 1 atom stereocenters. The van der Waals surface area contributed by atoms with Gasteiger partial charge < -0.3 is 10.7 Å². The van der Waals surface area contributed by atoms with Gasteiger partial charge in [-0.1, -0.05) is 12.8 Å². The molecule has 0 aliphatic rings. The molecule has 0 saturated carbocycles. The fraction of sp³-hybridized carbons (Fsp3) is 0.444. The number of Topliss-reactive ketones (excluding diaryl/α,β-unsaturated/α-hetero) is 1. The van der Waals surface area contributed by atoms with Crippen LogP contribution in [0, 0.1) is 5.82 Å². The number of carbonyl (C=O) groups is 1. The number of benzene rings is 1. The van der Waals surface area contributed by atoms with E-state index in [4.69, 9.17) is 5.73 Å². The number of imidazole rings is 1. The lowest BCUT2D eigenvalue weighted by atomic mass is 10.0. The highest BCUT2D eigenvalue weighted by molar-refractivity contribution is 5.78.